The lowest BCUT2D eigenvalue weighted by atomic mass is 10.2. The second-order valence-corrected chi connectivity index (χ2v) is 4.15. The van der Waals surface area contributed by atoms with Gasteiger partial charge in [0.15, 0.2) is 0 Å². The van der Waals surface area contributed by atoms with Crippen molar-refractivity contribution < 1.29 is 14.7 Å². The molecule has 0 aliphatic heterocycles. The molecule has 0 aliphatic rings. The van der Waals surface area contributed by atoms with Gasteiger partial charge in [0, 0.05) is 11.6 Å². The fourth-order valence-electron chi connectivity index (χ4n) is 1.09. The molecule has 0 fully saturated rings. The Bertz CT molecular complexity index is 392. The molecule has 0 spiro atoms. The number of nitrogens with zero attached hydrogens (tertiary/aromatic N) is 1. The maximum Gasteiger partial charge on any atom is 0.326 e. The minimum Gasteiger partial charge on any atom is -0.480 e. The molecule has 2 amide bonds. The summed E-state index contributed by atoms with van der Waals surface area (Å²) in [6.45, 7) is 3.72. The number of carboxylic acid groups (broad SMARTS) is 1. The zero-order valence-electron chi connectivity index (χ0n) is 9.05. The molecular weight excluding hydrogens is 242 g/mol. The van der Waals surface area contributed by atoms with Crippen LogP contribution in [0.4, 0.5) is 4.79 Å². The molecule has 6 nitrogen and oxygen atoms in total. The van der Waals surface area contributed by atoms with Crippen molar-refractivity contribution in [1.82, 2.24) is 15.6 Å². The minimum atomic E-state index is -1.09. The monoisotopic (exact) mass is 255 g/mol. The number of amides is 2. The average molecular weight is 255 g/mol. The van der Waals surface area contributed by atoms with Gasteiger partial charge in [-0.25, -0.2) is 14.6 Å². The fourth-order valence-corrected chi connectivity index (χ4v) is 1.65. The largest absolute Gasteiger partial charge is 0.480 e. The van der Waals surface area contributed by atoms with Gasteiger partial charge in [0.25, 0.3) is 0 Å². The van der Waals surface area contributed by atoms with E-state index in [2.05, 4.69) is 22.2 Å². The molecule has 0 radical (unpaired) electrons. The Hall–Kier alpha value is -1.89. The van der Waals surface area contributed by atoms with Gasteiger partial charge in [-0.15, -0.1) is 17.9 Å². The van der Waals surface area contributed by atoms with Crippen molar-refractivity contribution in [2.45, 2.75) is 19.0 Å². The number of urea groups is 1. The second kappa shape index (κ2) is 6.64. The molecule has 0 saturated heterocycles. The lowest BCUT2D eigenvalue weighted by Crippen LogP contribution is -2.45. The van der Waals surface area contributed by atoms with Crippen molar-refractivity contribution in [2.24, 2.45) is 0 Å². The van der Waals surface area contributed by atoms with Crippen LogP contribution in [0.3, 0.4) is 0 Å². The quantitative estimate of drug-likeness (QED) is 0.660. The molecule has 1 aromatic rings. The number of rotatable bonds is 6. The molecule has 1 unspecified atom stereocenters. The van der Waals surface area contributed by atoms with Crippen LogP contribution in [-0.4, -0.2) is 28.1 Å². The number of carbonyl (C=O) groups is 2. The predicted molar refractivity (Wildman–Crippen MR) is 63.7 cm³/mol. The molecule has 7 heteroatoms. The Labute approximate surface area is 102 Å². The molecule has 0 aliphatic carbocycles. The third-order valence-corrected chi connectivity index (χ3v) is 2.67. The molecule has 0 saturated carbocycles. The van der Waals surface area contributed by atoms with Gasteiger partial charge in [0.1, 0.15) is 11.0 Å². The molecule has 17 heavy (non-hydrogen) atoms. The van der Waals surface area contributed by atoms with Crippen molar-refractivity contribution in [3.63, 3.8) is 0 Å². The maximum atomic E-state index is 11.4. The molecule has 1 heterocycles. The third kappa shape index (κ3) is 4.64. The van der Waals surface area contributed by atoms with Crippen LogP contribution in [0.5, 0.6) is 0 Å². The van der Waals surface area contributed by atoms with Crippen molar-refractivity contribution in [1.29, 1.82) is 0 Å². The molecule has 0 aromatic carbocycles. The van der Waals surface area contributed by atoms with Crippen LogP contribution in [0, 0.1) is 0 Å². The minimum absolute atomic E-state index is 0.181. The van der Waals surface area contributed by atoms with Gasteiger partial charge in [0.2, 0.25) is 0 Å². The summed E-state index contributed by atoms with van der Waals surface area (Å²) in [6, 6.07) is -1.49. The first-order valence-electron chi connectivity index (χ1n) is 4.90. The summed E-state index contributed by atoms with van der Waals surface area (Å²) in [6.07, 6.45) is 3.26. The zero-order chi connectivity index (χ0) is 12.7. The van der Waals surface area contributed by atoms with Crippen molar-refractivity contribution in [3.05, 3.63) is 29.2 Å². The van der Waals surface area contributed by atoms with E-state index < -0.39 is 18.0 Å². The molecule has 0 bridgehead atoms. The number of carboxylic acids is 1. The number of carbonyl (C=O) groups excluding carboxylic acids is 1. The Kier molecular flexibility index (Phi) is 5.15. The van der Waals surface area contributed by atoms with Gasteiger partial charge in [-0.1, -0.05) is 6.08 Å². The smallest absolute Gasteiger partial charge is 0.326 e. The molecule has 1 atom stereocenters. The molecule has 3 N–H and O–H groups in total. The average Bonchev–Trinajstić information content (AvgIpc) is 2.78. The summed E-state index contributed by atoms with van der Waals surface area (Å²) in [5, 5.41) is 16.2. The molecular formula is C10H13N3O3S. The van der Waals surface area contributed by atoms with Gasteiger partial charge < -0.3 is 15.7 Å². The van der Waals surface area contributed by atoms with E-state index in [9.17, 15) is 9.59 Å². The highest BCUT2D eigenvalue weighted by Crippen LogP contribution is 2.02. The highest BCUT2D eigenvalue weighted by atomic mass is 32.1. The highest BCUT2D eigenvalue weighted by molar-refractivity contribution is 7.09. The van der Waals surface area contributed by atoms with Gasteiger partial charge in [0.05, 0.1) is 6.54 Å². The maximum absolute atomic E-state index is 11.4. The molecule has 92 valence electrons. The number of thiazole rings is 1. The SMILES string of the molecule is C=CCC(NC(=O)NCc1nccs1)C(=O)O. The summed E-state index contributed by atoms with van der Waals surface area (Å²) in [4.78, 5) is 26.1. The summed E-state index contributed by atoms with van der Waals surface area (Å²) < 4.78 is 0. The third-order valence-electron chi connectivity index (χ3n) is 1.89. The van der Waals surface area contributed by atoms with E-state index in [1.165, 1.54) is 17.4 Å². The van der Waals surface area contributed by atoms with Crippen molar-refractivity contribution in [2.75, 3.05) is 0 Å². The molecule has 1 aromatic heterocycles. The van der Waals surface area contributed by atoms with Gasteiger partial charge in [-0.05, 0) is 6.42 Å². The van der Waals surface area contributed by atoms with E-state index in [1.54, 1.807) is 11.6 Å². The lowest BCUT2D eigenvalue weighted by Gasteiger charge is -2.12. The predicted octanol–water partition coefficient (Wildman–Crippen LogP) is 0.972. The number of hydrogen-bond donors (Lipinski definition) is 3. The second-order valence-electron chi connectivity index (χ2n) is 3.17. The van der Waals surface area contributed by atoms with Crippen LogP contribution in [0.25, 0.3) is 0 Å². The zero-order valence-corrected chi connectivity index (χ0v) is 9.87. The Morgan fingerprint density at radius 1 is 1.65 bits per heavy atom. The van der Waals surface area contributed by atoms with E-state index in [-0.39, 0.29) is 13.0 Å². The van der Waals surface area contributed by atoms with E-state index >= 15 is 0 Å². The topological polar surface area (TPSA) is 91.3 Å². The van der Waals surface area contributed by atoms with Crippen LogP contribution in [0.1, 0.15) is 11.4 Å². The van der Waals surface area contributed by atoms with Crippen LogP contribution in [-0.2, 0) is 11.3 Å². The number of aliphatic carboxylic acids is 1. The van der Waals surface area contributed by atoms with Gasteiger partial charge >= 0.3 is 12.0 Å². The van der Waals surface area contributed by atoms with Crippen LogP contribution in [0.2, 0.25) is 0 Å². The van der Waals surface area contributed by atoms with Crippen LogP contribution in [0.15, 0.2) is 24.2 Å². The van der Waals surface area contributed by atoms with Crippen LogP contribution >= 0.6 is 11.3 Å². The lowest BCUT2D eigenvalue weighted by molar-refractivity contribution is -0.139. The van der Waals surface area contributed by atoms with Crippen LogP contribution < -0.4 is 10.6 Å². The van der Waals surface area contributed by atoms with E-state index in [1.807, 2.05) is 0 Å². The summed E-state index contributed by atoms with van der Waals surface area (Å²) in [5.41, 5.74) is 0. The first-order chi connectivity index (χ1) is 8.13. The van der Waals surface area contributed by atoms with Crippen molar-refractivity contribution >= 4 is 23.3 Å². The number of hydrogen-bond acceptors (Lipinski definition) is 4. The first kappa shape index (κ1) is 13.2. The van der Waals surface area contributed by atoms with E-state index in [0.29, 0.717) is 0 Å². The first-order valence-corrected chi connectivity index (χ1v) is 5.78. The fraction of sp³-hybridized carbons (Fsp3) is 0.300. The normalized spacial score (nSPS) is 11.5. The van der Waals surface area contributed by atoms with Gasteiger partial charge in [-0.3, -0.25) is 0 Å². The standard InChI is InChI=1S/C10H13N3O3S/c1-2-3-7(9(14)15)13-10(16)12-6-8-11-4-5-17-8/h2,4-5,7H,1,3,6H2,(H,14,15)(H2,12,13,16). The molecule has 1 rings (SSSR count). The highest BCUT2D eigenvalue weighted by Gasteiger charge is 2.17. The Balaban J connectivity index is 2.37. The van der Waals surface area contributed by atoms with Crippen molar-refractivity contribution in [3.8, 4) is 0 Å². The number of nitrogens with one attached hydrogen (secondary N) is 2. The number of aromatic nitrogens is 1. The summed E-state index contributed by atoms with van der Waals surface area (Å²) in [5.74, 6) is -1.09. The Morgan fingerprint density at radius 2 is 2.41 bits per heavy atom. The van der Waals surface area contributed by atoms with E-state index in [4.69, 9.17) is 5.11 Å². The Morgan fingerprint density at radius 3 is 2.94 bits per heavy atom. The van der Waals surface area contributed by atoms with Gasteiger partial charge in [-0.2, -0.15) is 0 Å². The summed E-state index contributed by atoms with van der Waals surface area (Å²) >= 11 is 1.41. The van der Waals surface area contributed by atoms with E-state index in [0.717, 1.165) is 5.01 Å². The summed E-state index contributed by atoms with van der Waals surface area (Å²) in [7, 11) is 0.